The number of rotatable bonds is 5. The SMILES string of the molecule is CCn1cc(OCCOC(C)(C)C)cn1. The molecule has 1 aromatic heterocycles. The molecule has 0 spiro atoms. The molecule has 0 aliphatic carbocycles. The van der Waals surface area contributed by atoms with E-state index in [0.29, 0.717) is 13.2 Å². The van der Waals surface area contributed by atoms with Crippen LogP contribution >= 0.6 is 0 Å². The normalized spacial score (nSPS) is 11.7. The number of ether oxygens (including phenoxy) is 2. The topological polar surface area (TPSA) is 36.3 Å². The van der Waals surface area contributed by atoms with Crippen LogP contribution in [0, 0.1) is 0 Å². The Morgan fingerprint density at radius 1 is 1.33 bits per heavy atom. The molecule has 0 N–H and O–H groups in total. The van der Waals surface area contributed by atoms with E-state index in [-0.39, 0.29) is 5.60 Å². The van der Waals surface area contributed by atoms with E-state index in [1.807, 2.05) is 38.6 Å². The van der Waals surface area contributed by atoms with Crippen LogP contribution in [-0.2, 0) is 11.3 Å². The van der Waals surface area contributed by atoms with E-state index in [1.165, 1.54) is 0 Å². The monoisotopic (exact) mass is 212 g/mol. The minimum absolute atomic E-state index is 0.100. The van der Waals surface area contributed by atoms with Gasteiger partial charge in [-0.25, -0.2) is 0 Å². The van der Waals surface area contributed by atoms with Crippen LogP contribution in [-0.4, -0.2) is 28.6 Å². The Labute approximate surface area is 91.2 Å². The third kappa shape index (κ3) is 4.83. The van der Waals surface area contributed by atoms with Gasteiger partial charge in [-0.15, -0.1) is 0 Å². The number of hydrogen-bond acceptors (Lipinski definition) is 3. The number of aromatic nitrogens is 2. The van der Waals surface area contributed by atoms with E-state index in [1.54, 1.807) is 6.20 Å². The molecule has 1 heterocycles. The van der Waals surface area contributed by atoms with Crippen molar-refractivity contribution in [2.24, 2.45) is 0 Å². The van der Waals surface area contributed by atoms with Gasteiger partial charge in [0.2, 0.25) is 0 Å². The number of nitrogens with zero attached hydrogens (tertiary/aromatic N) is 2. The highest BCUT2D eigenvalue weighted by Gasteiger charge is 2.09. The van der Waals surface area contributed by atoms with E-state index in [0.717, 1.165) is 12.3 Å². The van der Waals surface area contributed by atoms with Crippen LogP contribution in [0.2, 0.25) is 0 Å². The minimum Gasteiger partial charge on any atom is -0.488 e. The second-order valence-corrected chi connectivity index (χ2v) is 4.34. The summed E-state index contributed by atoms with van der Waals surface area (Å²) in [7, 11) is 0. The van der Waals surface area contributed by atoms with Gasteiger partial charge in [0.25, 0.3) is 0 Å². The molecule has 0 aliphatic heterocycles. The fourth-order valence-electron chi connectivity index (χ4n) is 1.10. The molecule has 0 bridgehead atoms. The first-order valence-electron chi connectivity index (χ1n) is 5.30. The molecule has 0 aromatic carbocycles. The highest BCUT2D eigenvalue weighted by Crippen LogP contribution is 2.09. The van der Waals surface area contributed by atoms with Crippen molar-refractivity contribution in [3.8, 4) is 5.75 Å². The predicted molar refractivity (Wildman–Crippen MR) is 59.1 cm³/mol. The minimum atomic E-state index is -0.100. The molecule has 0 unspecified atom stereocenters. The summed E-state index contributed by atoms with van der Waals surface area (Å²) >= 11 is 0. The summed E-state index contributed by atoms with van der Waals surface area (Å²) in [6.45, 7) is 10.2. The van der Waals surface area contributed by atoms with Crippen LogP contribution in [0.5, 0.6) is 5.75 Å². The first-order chi connectivity index (χ1) is 7.01. The Morgan fingerprint density at radius 2 is 2.07 bits per heavy atom. The zero-order valence-corrected chi connectivity index (χ0v) is 9.99. The molecule has 0 atom stereocenters. The predicted octanol–water partition coefficient (Wildman–Crippen LogP) is 2.10. The van der Waals surface area contributed by atoms with Gasteiger partial charge < -0.3 is 9.47 Å². The molecule has 15 heavy (non-hydrogen) atoms. The van der Waals surface area contributed by atoms with Crippen molar-refractivity contribution in [1.82, 2.24) is 9.78 Å². The maximum Gasteiger partial charge on any atom is 0.157 e. The Bertz CT molecular complexity index is 289. The van der Waals surface area contributed by atoms with Crippen molar-refractivity contribution in [3.05, 3.63) is 12.4 Å². The highest BCUT2D eigenvalue weighted by atomic mass is 16.5. The smallest absolute Gasteiger partial charge is 0.157 e. The summed E-state index contributed by atoms with van der Waals surface area (Å²) in [6.07, 6.45) is 3.61. The summed E-state index contributed by atoms with van der Waals surface area (Å²) in [5, 5.41) is 4.11. The third-order valence-corrected chi connectivity index (χ3v) is 1.82. The lowest BCUT2D eigenvalue weighted by molar-refractivity contribution is -0.0163. The van der Waals surface area contributed by atoms with Crippen molar-refractivity contribution < 1.29 is 9.47 Å². The fourth-order valence-corrected chi connectivity index (χ4v) is 1.10. The summed E-state index contributed by atoms with van der Waals surface area (Å²) in [4.78, 5) is 0. The van der Waals surface area contributed by atoms with Crippen LogP contribution in [0.4, 0.5) is 0 Å². The average molecular weight is 212 g/mol. The molecular weight excluding hydrogens is 192 g/mol. The Kier molecular flexibility index (Phi) is 4.15. The lowest BCUT2D eigenvalue weighted by Gasteiger charge is -2.19. The summed E-state index contributed by atoms with van der Waals surface area (Å²) in [5.74, 6) is 0.800. The van der Waals surface area contributed by atoms with Crippen LogP contribution in [0.3, 0.4) is 0 Å². The molecular formula is C11H20N2O2. The molecule has 4 heteroatoms. The maximum absolute atomic E-state index is 5.53. The average Bonchev–Trinajstić information content (AvgIpc) is 2.59. The zero-order chi connectivity index (χ0) is 11.3. The van der Waals surface area contributed by atoms with Gasteiger partial charge in [-0.3, -0.25) is 4.68 Å². The van der Waals surface area contributed by atoms with Crippen LogP contribution in [0.1, 0.15) is 27.7 Å². The molecule has 0 amide bonds. The van der Waals surface area contributed by atoms with E-state index >= 15 is 0 Å². The van der Waals surface area contributed by atoms with Crippen molar-refractivity contribution >= 4 is 0 Å². The van der Waals surface area contributed by atoms with E-state index in [2.05, 4.69) is 5.10 Å². The molecule has 0 saturated carbocycles. The van der Waals surface area contributed by atoms with Crippen molar-refractivity contribution in [1.29, 1.82) is 0 Å². The standard InChI is InChI=1S/C11H20N2O2/c1-5-13-9-10(8-12-13)14-6-7-15-11(2,3)4/h8-9H,5-7H2,1-4H3. The lowest BCUT2D eigenvalue weighted by atomic mass is 10.2. The van der Waals surface area contributed by atoms with Gasteiger partial charge in [0.15, 0.2) is 5.75 Å². The van der Waals surface area contributed by atoms with Crippen molar-refractivity contribution in [2.75, 3.05) is 13.2 Å². The van der Waals surface area contributed by atoms with Crippen LogP contribution in [0.25, 0.3) is 0 Å². The number of aryl methyl sites for hydroxylation is 1. The largest absolute Gasteiger partial charge is 0.488 e. The van der Waals surface area contributed by atoms with Crippen LogP contribution < -0.4 is 4.74 Å². The highest BCUT2D eigenvalue weighted by molar-refractivity contribution is 5.11. The second-order valence-electron chi connectivity index (χ2n) is 4.34. The molecule has 0 saturated heterocycles. The molecule has 0 fully saturated rings. The van der Waals surface area contributed by atoms with Crippen molar-refractivity contribution in [2.45, 2.75) is 39.8 Å². The Balaban J connectivity index is 2.20. The molecule has 0 aliphatic rings. The van der Waals surface area contributed by atoms with Gasteiger partial charge in [0.1, 0.15) is 6.61 Å². The molecule has 1 aromatic rings. The summed E-state index contributed by atoms with van der Waals surface area (Å²) < 4.78 is 12.8. The lowest BCUT2D eigenvalue weighted by Crippen LogP contribution is -2.22. The first kappa shape index (κ1) is 12.0. The molecule has 1 rings (SSSR count). The molecule has 4 nitrogen and oxygen atoms in total. The second kappa shape index (κ2) is 5.16. The Morgan fingerprint density at radius 3 is 2.60 bits per heavy atom. The zero-order valence-electron chi connectivity index (χ0n) is 9.99. The molecule has 0 radical (unpaired) electrons. The first-order valence-corrected chi connectivity index (χ1v) is 5.30. The van der Waals surface area contributed by atoms with Crippen LogP contribution in [0.15, 0.2) is 12.4 Å². The Hall–Kier alpha value is -1.03. The summed E-state index contributed by atoms with van der Waals surface area (Å²) in [5.41, 5.74) is -0.100. The number of hydrogen-bond donors (Lipinski definition) is 0. The van der Waals surface area contributed by atoms with E-state index < -0.39 is 0 Å². The third-order valence-electron chi connectivity index (χ3n) is 1.82. The maximum atomic E-state index is 5.53. The van der Waals surface area contributed by atoms with Gasteiger partial charge in [0, 0.05) is 6.54 Å². The quantitative estimate of drug-likeness (QED) is 0.701. The van der Waals surface area contributed by atoms with E-state index in [9.17, 15) is 0 Å². The van der Waals surface area contributed by atoms with E-state index in [4.69, 9.17) is 9.47 Å². The van der Waals surface area contributed by atoms with Gasteiger partial charge in [0.05, 0.1) is 24.6 Å². The summed E-state index contributed by atoms with van der Waals surface area (Å²) in [6, 6.07) is 0. The van der Waals surface area contributed by atoms with Gasteiger partial charge in [-0.2, -0.15) is 5.10 Å². The van der Waals surface area contributed by atoms with Gasteiger partial charge >= 0.3 is 0 Å². The fraction of sp³-hybridized carbons (Fsp3) is 0.727. The van der Waals surface area contributed by atoms with Gasteiger partial charge in [-0.05, 0) is 27.7 Å². The van der Waals surface area contributed by atoms with Gasteiger partial charge in [-0.1, -0.05) is 0 Å². The molecule has 86 valence electrons. The van der Waals surface area contributed by atoms with Crippen molar-refractivity contribution in [3.63, 3.8) is 0 Å².